The zero-order valence-corrected chi connectivity index (χ0v) is 14.2. The van der Waals surface area contributed by atoms with Gasteiger partial charge in [-0.15, -0.1) is 0 Å². The minimum Gasteiger partial charge on any atom is -0.490 e. The zero-order chi connectivity index (χ0) is 17.1. The summed E-state index contributed by atoms with van der Waals surface area (Å²) >= 11 is 6.05. The lowest BCUT2D eigenvalue weighted by Gasteiger charge is -2.18. The van der Waals surface area contributed by atoms with E-state index in [-0.39, 0.29) is 24.0 Å². The highest BCUT2D eigenvalue weighted by Gasteiger charge is 2.31. The Hall–Kier alpha value is -1.75. The molecule has 0 spiro atoms. The van der Waals surface area contributed by atoms with Crippen LogP contribution < -0.4 is 10.1 Å². The lowest BCUT2D eigenvalue weighted by molar-refractivity contribution is -0.141. The fourth-order valence-corrected chi connectivity index (χ4v) is 3.74. The van der Waals surface area contributed by atoms with Crippen molar-refractivity contribution in [3.63, 3.8) is 0 Å². The molecule has 2 aliphatic rings. The van der Waals surface area contributed by atoms with Crippen LogP contribution >= 0.6 is 11.6 Å². The van der Waals surface area contributed by atoms with E-state index in [4.69, 9.17) is 21.4 Å². The number of rotatable bonds is 5. The second kappa shape index (κ2) is 7.43. The van der Waals surface area contributed by atoms with Gasteiger partial charge in [0.05, 0.1) is 17.6 Å². The van der Waals surface area contributed by atoms with Gasteiger partial charge < -0.3 is 15.2 Å². The fraction of sp³-hybridized carbons (Fsp3) is 0.556. The summed E-state index contributed by atoms with van der Waals surface area (Å²) in [5.74, 6) is -0.859. The molecular formula is C18H22ClNO4. The largest absolute Gasteiger partial charge is 0.490 e. The normalized spacial score (nSPS) is 24.0. The lowest BCUT2D eigenvalue weighted by Crippen LogP contribution is -2.33. The summed E-state index contributed by atoms with van der Waals surface area (Å²) in [4.78, 5) is 23.7. The molecule has 0 saturated heterocycles. The van der Waals surface area contributed by atoms with Crippen molar-refractivity contribution in [3.05, 3.63) is 28.8 Å². The van der Waals surface area contributed by atoms with Crippen LogP contribution in [0.1, 0.15) is 55.3 Å². The molecule has 2 N–H and O–H groups in total. The third-order valence-corrected chi connectivity index (χ3v) is 5.13. The third-order valence-electron chi connectivity index (χ3n) is 4.90. The van der Waals surface area contributed by atoms with Gasteiger partial charge in [0.2, 0.25) is 0 Å². The van der Waals surface area contributed by atoms with Crippen molar-refractivity contribution < 1.29 is 19.4 Å². The Morgan fingerprint density at radius 2 is 1.92 bits per heavy atom. The van der Waals surface area contributed by atoms with E-state index in [2.05, 4.69) is 5.32 Å². The topological polar surface area (TPSA) is 75.6 Å². The summed E-state index contributed by atoms with van der Waals surface area (Å²) in [6.45, 7) is 0. The predicted molar refractivity (Wildman–Crippen MR) is 90.6 cm³/mol. The second-order valence-corrected chi connectivity index (χ2v) is 7.12. The molecule has 2 aliphatic carbocycles. The first-order valence-electron chi connectivity index (χ1n) is 8.53. The van der Waals surface area contributed by atoms with Gasteiger partial charge in [-0.1, -0.05) is 11.6 Å². The van der Waals surface area contributed by atoms with Crippen LogP contribution in [0.4, 0.5) is 0 Å². The lowest BCUT2D eigenvalue weighted by atomic mass is 10.1. The monoisotopic (exact) mass is 351 g/mol. The molecule has 2 saturated carbocycles. The maximum absolute atomic E-state index is 12.6. The molecule has 3 rings (SSSR count). The van der Waals surface area contributed by atoms with E-state index in [0.717, 1.165) is 25.7 Å². The van der Waals surface area contributed by atoms with Crippen molar-refractivity contribution in [1.29, 1.82) is 0 Å². The van der Waals surface area contributed by atoms with Crippen LogP contribution in [-0.2, 0) is 4.79 Å². The number of hydrogen-bond donors (Lipinski definition) is 2. The molecule has 1 amide bonds. The van der Waals surface area contributed by atoms with Gasteiger partial charge in [0, 0.05) is 11.1 Å². The van der Waals surface area contributed by atoms with Crippen LogP contribution in [-0.4, -0.2) is 29.1 Å². The van der Waals surface area contributed by atoms with Crippen LogP contribution in [0.5, 0.6) is 5.75 Å². The summed E-state index contributed by atoms with van der Waals surface area (Å²) in [5, 5.41) is 12.5. The minimum absolute atomic E-state index is 0.114. The Balaban J connectivity index is 1.69. The standard InChI is InChI=1S/C18H22ClNO4/c19-12-6-8-16(24-14-3-1-2-4-14)15(10-12)17(21)20-13-7-5-11(9-13)18(22)23/h6,8,10-11,13-14H,1-5,7,9H2,(H,20,21)(H,22,23)/t11-,13+/m0/s1. The van der Waals surface area contributed by atoms with Gasteiger partial charge in [-0.2, -0.15) is 0 Å². The average Bonchev–Trinajstić information content (AvgIpc) is 3.20. The molecule has 0 bridgehead atoms. The minimum atomic E-state index is -0.792. The summed E-state index contributed by atoms with van der Waals surface area (Å²) in [7, 11) is 0. The maximum atomic E-state index is 12.6. The van der Waals surface area contributed by atoms with Gasteiger partial charge in [0.1, 0.15) is 5.75 Å². The van der Waals surface area contributed by atoms with Crippen molar-refractivity contribution in [2.45, 2.75) is 57.1 Å². The van der Waals surface area contributed by atoms with Crippen LogP contribution in [0.15, 0.2) is 18.2 Å². The smallest absolute Gasteiger partial charge is 0.306 e. The number of carbonyl (C=O) groups excluding carboxylic acids is 1. The molecule has 0 radical (unpaired) electrons. The third kappa shape index (κ3) is 4.01. The molecule has 6 heteroatoms. The van der Waals surface area contributed by atoms with Gasteiger partial charge in [-0.3, -0.25) is 9.59 Å². The summed E-state index contributed by atoms with van der Waals surface area (Å²) in [5.41, 5.74) is 0.424. The van der Waals surface area contributed by atoms with Crippen LogP contribution in [0, 0.1) is 5.92 Å². The predicted octanol–water partition coefficient (Wildman–Crippen LogP) is 3.64. The number of ether oxygens (including phenoxy) is 1. The summed E-state index contributed by atoms with van der Waals surface area (Å²) in [6, 6.07) is 4.96. The summed E-state index contributed by atoms with van der Waals surface area (Å²) in [6.07, 6.45) is 6.22. The quantitative estimate of drug-likeness (QED) is 0.849. The van der Waals surface area contributed by atoms with E-state index in [1.807, 2.05) is 0 Å². The maximum Gasteiger partial charge on any atom is 0.306 e. The van der Waals surface area contributed by atoms with Gasteiger partial charge >= 0.3 is 5.97 Å². The van der Waals surface area contributed by atoms with E-state index < -0.39 is 5.97 Å². The molecule has 1 aromatic rings. The molecule has 2 atom stereocenters. The van der Waals surface area contributed by atoms with Gasteiger partial charge in [0.15, 0.2) is 0 Å². The van der Waals surface area contributed by atoms with Crippen molar-refractivity contribution in [3.8, 4) is 5.75 Å². The Bertz CT molecular complexity index is 627. The number of benzene rings is 1. The Kier molecular flexibility index (Phi) is 5.29. The Morgan fingerprint density at radius 3 is 2.58 bits per heavy atom. The number of amides is 1. The number of carboxylic acids is 1. The second-order valence-electron chi connectivity index (χ2n) is 6.68. The Morgan fingerprint density at radius 1 is 1.17 bits per heavy atom. The molecule has 5 nitrogen and oxygen atoms in total. The van der Waals surface area contributed by atoms with Crippen LogP contribution in [0.3, 0.4) is 0 Å². The van der Waals surface area contributed by atoms with Crippen LogP contribution in [0.25, 0.3) is 0 Å². The zero-order valence-electron chi connectivity index (χ0n) is 13.5. The first kappa shape index (κ1) is 17.1. The molecular weight excluding hydrogens is 330 g/mol. The number of carboxylic acid groups (broad SMARTS) is 1. The first-order chi connectivity index (χ1) is 11.5. The fourth-order valence-electron chi connectivity index (χ4n) is 3.57. The number of hydrogen-bond acceptors (Lipinski definition) is 3. The van der Waals surface area contributed by atoms with Gasteiger partial charge in [-0.25, -0.2) is 0 Å². The van der Waals surface area contributed by atoms with E-state index in [1.165, 1.54) is 0 Å². The van der Waals surface area contributed by atoms with E-state index in [0.29, 0.717) is 35.6 Å². The highest BCUT2D eigenvalue weighted by molar-refractivity contribution is 6.31. The van der Waals surface area contributed by atoms with Crippen LogP contribution in [0.2, 0.25) is 5.02 Å². The summed E-state index contributed by atoms with van der Waals surface area (Å²) < 4.78 is 5.99. The molecule has 24 heavy (non-hydrogen) atoms. The van der Waals surface area contributed by atoms with Crippen molar-refractivity contribution >= 4 is 23.5 Å². The van der Waals surface area contributed by atoms with E-state index in [9.17, 15) is 9.59 Å². The molecule has 2 fully saturated rings. The van der Waals surface area contributed by atoms with E-state index in [1.54, 1.807) is 18.2 Å². The van der Waals surface area contributed by atoms with Gasteiger partial charge in [0.25, 0.3) is 5.91 Å². The first-order valence-corrected chi connectivity index (χ1v) is 8.90. The molecule has 1 aromatic carbocycles. The molecule has 130 valence electrons. The van der Waals surface area contributed by atoms with Gasteiger partial charge in [-0.05, 0) is 63.1 Å². The Labute approximate surface area is 146 Å². The number of carbonyl (C=O) groups is 2. The average molecular weight is 352 g/mol. The molecule has 0 unspecified atom stereocenters. The van der Waals surface area contributed by atoms with Crippen molar-refractivity contribution in [1.82, 2.24) is 5.32 Å². The molecule has 0 aliphatic heterocycles. The molecule has 0 heterocycles. The SMILES string of the molecule is O=C(N[C@@H]1CC[C@H](C(=O)O)C1)c1cc(Cl)ccc1OC1CCCC1. The number of nitrogens with one attached hydrogen (secondary N) is 1. The molecule has 0 aromatic heterocycles. The highest BCUT2D eigenvalue weighted by Crippen LogP contribution is 2.30. The van der Waals surface area contributed by atoms with Crippen molar-refractivity contribution in [2.24, 2.45) is 5.92 Å². The number of halogens is 1. The van der Waals surface area contributed by atoms with Crippen molar-refractivity contribution in [2.75, 3.05) is 0 Å². The van der Waals surface area contributed by atoms with E-state index >= 15 is 0 Å². The number of aliphatic carboxylic acids is 1. The highest BCUT2D eigenvalue weighted by atomic mass is 35.5.